The van der Waals surface area contributed by atoms with E-state index >= 15 is 0 Å². The molecule has 0 saturated carbocycles. The van der Waals surface area contributed by atoms with Crippen molar-refractivity contribution < 1.29 is 0 Å². The van der Waals surface area contributed by atoms with Crippen LogP contribution in [-0.2, 0) is 0 Å². The molecule has 0 aliphatic rings. The Kier molecular flexibility index (Phi) is 1.47. The molecule has 2 rings (SSSR count). The van der Waals surface area contributed by atoms with E-state index in [2.05, 4.69) is 15.2 Å². The lowest BCUT2D eigenvalue weighted by Crippen LogP contribution is -1.73. The molecule has 0 fully saturated rings. The minimum absolute atomic E-state index is 0.789. The summed E-state index contributed by atoms with van der Waals surface area (Å²) in [6.45, 7) is 1.89. The molecule has 0 aliphatic carbocycles. The fourth-order valence-corrected chi connectivity index (χ4v) is 1.52. The lowest BCUT2D eigenvalue weighted by atomic mass is 10.4. The first-order valence-corrected chi connectivity index (χ1v) is 4.17. The Hall–Kier alpha value is -1.16. The van der Waals surface area contributed by atoms with Crippen LogP contribution in [0.4, 0.5) is 0 Å². The molecular formula is C7H7N3S. The van der Waals surface area contributed by atoms with Crippen LogP contribution in [0.2, 0.25) is 0 Å². The van der Waals surface area contributed by atoms with Gasteiger partial charge >= 0.3 is 0 Å². The highest BCUT2D eigenvalue weighted by molar-refractivity contribution is 7.13. The number of aromatic amines is 1. The highest BCUT2D eigenvalue weighted by atomic mass is 32.1. The predicted octanol–water partition coefficient (Wildman–Crippen LogP) is 1.84. The molecule has 0 radical (unpaired) electrons. The topological polar surface area (TPSA) is 41.6 Å². The van der Waals surface area contributed by atoms with Crippen molar-refractivity contribution in [3.8, 4) is 10.7 Å². The van der Waals surface area contributed by atoms with E-state index in [0.29, 0.717) is 0 Å². The highest BCUT2D eigenvalue weighted by Crippen LogP contribution is 2.19. The van der Waals surface area contributed by atoms with Gasteiger partial charge in [0.25, 0.3) is 0 Å². The minimum Gasteiger partial charge on any atom is -0.263 e. The molecule has 0 unspecified atom stereocenters. The van der Waals surface area contributed by atoms with Gasteiger partial charge in [0.1, 0.15) is 5.82 Å². The van der Waals surface area contributed by atoms with Crippen molar-refractivity contribution in [1.82, 2.24) is 15.2 Å². The standard InChI is InChI=1S/C7H7N3S/c1-5-8-7(10-9-5)6-3-2-4-11-6/h2-4H,1H3,(H,8,9,10). The molecule has 0 spiro atoms. The van der Waals surface area contributed by atoms with Crippen LogP contribution in [0.25, 0.3) is 10.7 Å². The molecule has 3 nitrogen and oxygen atoms in total. The molecule has 11 heavy (non-hydrogen) atoms. The van der Waals surface area contributed by atoms with E-state index in [9.17, 15) is 0 Å². The maximum atomic E-state index is 4.20. The first kappa shape index (κ1) is 6.54. The van der Waals surface area contributed by atoms with Crippen molar-refractivity contribution in [2.24, 2.45) is 0 Å². The second kappa shape index (κ2) is 2.47. The van der Waals surface area contributed by atoms with Gasteiger partial charge in [-0.15, -0.1) is 11.3 Å². The van der Waals surface area contributed by atoms with Crippen LogP contribution >= 0.6 is 11.3 Å². The Labute approximate surface area is 68.1 Å². The number of H-pyrrole nitrogens is 1. The zero-order chi connectivity index (χ0) is 7.68. The van der Waals surface area contributed by atoms with Gasteiger partial charge in [0.2, 0.25) is 0 Å². The van der Waals surface area contributed by atoms with Gasteiger partial charge in [-0.3, -0.25) is 5.10 Å². The SMILES string of the molecule is Cc1nc(-c2cccs2)n[nH]1. The van der Waals surface area contributed by atoms with Gasteiger partial charge in [-0.05, 0) is 18.4 Å². The van der Waals surface area contributed by atoms with Crippen molar-refractivity contribution in [1.29, 1.82) is 0 Å². The largest absolute Gasteiger partial charge is 0.263 e. The van der Waals surface area contributed by atoms with Gasteiger partial charge in [-0.25, -0.2) is 4.98 Å². The maximum Gasteiger partial charge on any atom is 0.191 e. The summed E-state index contributed by atoms with van der Waals surface area (Å²) in [6, 6.07) is 4.00. The van der Waals surface area contributed by atoms with E-state index < -0.39 is 0 Å². The Morgan fingerprint density at radius 2 is 2.45 bits per heavy atom. The molecule has 56 valence electrons. The highest BCUT2D eigenvalue weighted by Gasteiger charge is 2.02. The Balaban J connectivity index is 2.45. The molecule has 2 aromatic rings. The number of hydrogen-bond acceptors (Lipinski definition) is 3. The fourth-order valence-electron chi connectivity index (χ4n) is 0.859. The van der Waals surface area contributed by atoms with Crippen LogP contribution in [0.1, 0.15) is 5.82 Å². The molecular weight excluding hydrogens is 158 g/mol. The van der Waals surface area contributed by atoms with Crippen LogP contribution in [0.3, 0.4) is 0 Å². The Morgan fingerprint density at radius 1 is 1.55 bits per heavy atom. The van der Waals surface area contributed by atoms with E-state index in [1.165, 1.54) is 0 Å². The molecule has 1 N–H and O–H groups in total. The van der Waals surface area contributed by atoms with Gasteiger partial charge in [0, 0.05) is 0 Å². The number of rotatable bonds is 1. The molecule has 2 aromatic heterocycles. The average molecular weight is 165 g/mol. The first-order valence-electron chi connectivity index (χ1n) is 3.29. The van der Waals surface area contributed by atoms with Crippen LogP contribution in [-0.4, -0.2) is 15.2 Å². The number of hydrogen-bond donors (Lipinski definition) is 1. The molecule has 0 aliphatic heterocycles. The second-order valence-corrected chi connectivity index (χ2v) is 3.17. The van der Waals surface area contributed by atoms with E-state index in [1.807, 2.05) is 24.4 Å². The summed E-state index contributed by atoms with van der Waals surface area (Å²) in [6.07, 6.45) is 0. The summed E-state index contributed by atoms with van der Waals surface area (Å²) in [5.74, 6) is 1.64. The molecule has 0 bridgehead atoms. The third kappa shape index (κ3) is 1.17. The zero-order valence-corrected chi connectivity index (χ0v) is 6.85. The van der Waals surface area contributed by atoms with E-state index in [4.69, 9.17) is 0 Å². The van der Waals surface area contributed by atoms with E-state index in [-0.39, 0.29) is 0 Å². The van der Waals surface area contributed by atoms with Gasteiger partial charge in [-0.2, -0.15) is 5.10 Å². The summed E-state index contributed by atoms with van der Waals surface area (Å²) < 4.78 is 0. The average Bonchev–Trinajstić information content (AvgIpc) is 2.55. The molecule has 2 heterocycles. The van der Waals surface area contributed by atoms with Crippen molar-refractivity contribution in [3.63, 3.8) is 0 Å². The molecule has 0 atom stereocenters. The minimum atomic E-state index is 0.789. The summed E-state index contributed by atoms with van der Waals surface area (Å²) in [4.78, 5) is 5.30. The van der Waals surface area contributed by atoms with Crippen LogP contribution in [0.5, 0.6) is 0 Å². The lowest BCUT2D eigenvalue weighted by molar-refractivity contribution is 1.04. The van der Waals surface area contributed by atoms with Crippen molar-refractivity contribution in [3.05, 3.63) is 23.3 Å². The third-order valence-corrected chi connectivity index (χ3v) is 2.20. The monoisotopic (exact) mass is 165 g/mol. The summed E-state index contributed by atoms with van der Waals surface area (Å²) in [5, 5.41) is 8.85. The summed E-state index contributed by atoms with van der Waals surface area (Å²) in [5.41, 5.74) is 0. The zero-order valence-electron chi connectivity index (χ0n) is 6.03. The van der Waals surface area contributed by atoms with Gasteiger partial charge in [-0.1, -0.05) is 6.07 Å². The van der Waals surface area contributed by atoms with Crippen LogP contribution < -0.4 is 0 Å². The lowest BCUT2D eigenvalue weighted by Gasteiger charge is -1.82. The van der Waals surface area contributed by atoms with Gasteiger partial charge in [0.15, 0.2) is 5.82 Å². The first-order chi connectivity index (χ1) is 5.36. The van der Waals surface area contributed by atoms with Crippen LogP contribution in [0.15, 0.2) is 17.5 Å². The van der Waals surface area contributed by atoms with Gasteiger partial charge in [0.05, 0.1) is 4.88 Å². The number of aryl methyl sites for hydroxylation is 1. The second-order valence-electron chi connectivity index (χ2n) is 2.22. The number of nitrogens with zero attached hydrogens (tertiary/aromatic N) is 2. The van der Waals surface area contributed by atoms with Crippen molar-refractivity contribution in [2.45, 2.75) is 6.92 Å². The van der Waals surface area contributed by atoms with Gasteiger partial charge < -0.3 is 0 Å². The fraction of sp³-hybridized carbons (Fsp3) is 0.143. The number of nitrogens with one attached hydrogen (secondary N) is 1. The van der Waals surface area contributed by atoms with Crippen LogP contribution in [0, 0.1) is 6.92 Å². The quantitative estimate of drug-likeness (QED) is 0.700. The van der Waals surface area contributed by atoms with Crippen molar-refractivity contribution >= 4 is 11.3 Å². The maximum absolute atomic E-state index is 4.20. The third-order valence-electron chi connectivity index (χ3n) is 1.34. The number of aromatic nitrogens is 3. The summed E-state index contributed by atoms with van der Waals surface area (Å²) >= 11 is 1.64. The molecule has 0 aromatic carbocycles. The Morgan fingerprint density at radius 3 is 3.00 bits per heavy atom. The van der Waals surface area contributed by atoms with E-state index in [0.717, 1.165) is 16.5 Å². The molecule has 4 heteroatoms. The molecule has 0 amide bonds. The Bertz CT molecular complexity index is 336. The smallest absolute Gasteiger partial charge is 0.191 e. The molecule has 0 saturated heterocycles. The van der Waals surface area contributed by atoms with Crippen molar-refractivity contribution in [2.75, 3.05) is 0 Å². The van der Waals surface area contributed by atoms with E-state index in [1.54, 1.807) is 11.3 Å². The predicted molar refractivity (Wildman–Crippen MR) is 44.4 cm³/mol. The normalized spacial score (nSPS) is 10.3. The summed E-state index contributed by atoms with van der Waals surface area (Å²) in [7, 11) is 0. The number of thiophene rings is 1.